The highest BCUT2D eigenvalue weighted by Crippen LogP contribution is 2.32. The molecule has 0 spiro atoms. The fourth-order valence-electron chi connectivity index (χ4n) is 6.19. The van der Waals surface area contributed by atoms with E-state index in [4.69, 9.17) is 0 Å². The summed E-state index contributed by atoms with van der Waals surface area (Å²) in [6.07, 6.45) is 4.14. The Morgan fingerprint density at radius 2 is 1.67 bits per heavy atom. The average molecular weight is 577 g/mol. The lowest BCUT2D eigenvalue weighted by molar-refractivity contribution is -0.143. The van der Waals surface area contributed by atoms with Gasteiger partial charge in [0.1, 0.15) is 11.6 Å². The molecular formula is C34H48N4O4. The van der Waals surface area contributed by atoms with Crippen molar-refractivity contribution < 1.29 is 19.5 Å². The van der Waals surface area contributed by atoms with E-state index in [0.29, 0.717) is 51.1 Å². The number of hydrogen-bond donors (Lipinski definition) is 4. The number of aliphatic hydroxyl groups excluding tert-OH is 1. The highest BCUT2D eigenvalue weighted by Gasteiger charge is 2.50. The first kappa shape index (κ1) is 31.7. The molecule has 4 rings (SSSR count). The van der Waals surface area contributed by atoms with Crippen LogP contribution in [0.1, 0.15) is 64.0 Å². The second-order valence-electron chi connectivity index (χ2n) is 12.6. The van der Waals surface area contributed by atoms with Gasteiger partial charge in [0.25, 0.3) is 0 Å². The summed E-state index contributed by atoms with van der Waals surface area (Å²) >= 11 is 0. The molecular weight excluding hydrogens is 528 g/mol. The smallest absolute Gasteiger partial charge is 0.249 e. The van der Waals surface area contributed by atoms with E-state index in [9.17, 15) is 19.5 Å². The minimum atomic E-state index is -1.01. The average Bonchev–Trinajstić information content (AvgIpc) is 3.73. The van der Waals surface area contributed by atoms with E-state index in [-0.39, 0.29) is 23.6 Å². The third kappa shape index (κ3) is 8.88. The van der Waals surface area contributed by atoms with Gasteiger partial charge in [0.15, 0.2) is 0 Å². The Bertz CT molecular complexity index is 1170. The SMILES string of the molecule is CC(=O)N[C@]1(CC(C)C)CCN(C(CCc2ccccc2)C(=O)N[C@@H](Cc2ccccc2)[C@H](O)CNCC2CC2)C1=O. The van der Waals surface area contributed by atoms with Crippen LogP contribution in [-0.2, 0) is 27.2 Å². The first-order chi connectivity index (χ1) is 20.2. The number of benzene rings is 2. The maximum absolute atomic E-state index is 14.1. The molecule has 8 heteroatoms. The van der Waals surface area contributed by atoms with Crippen molar-refractivity contribution in [1.29, 1.82) is 0 Å². The lowest BCUT2D eigenvalue weighted by atomic mass is 9.87. The van der Waals surface area contributed by atoms with Gasteiger partial charge >= 0.3 is 0 Å². The third-order valence-electron chi connectivity index (χ3n) is 8.42. The van der Waals surface area contributed by atoms with Gasteiger partial charge in [-0.1, -0.05) is 74.5 Å². The van der Waals surface area contributed by atoms with Gasteiger partial charge in [-0.2, -0.15) is 0 Å². The van der Waals surface area contributed by atoms with Gasteiger partial charge in [-0.3, -0.25) is 14.4 Å². The fourth-order valence-corrected chi connectivity index (χ4v) is 6.19. The normalized spacial score (nSPS) is 20.8. The van der Waals surface area contributed by atoms with Gasteiger partial charge in [-0.05, 0) is 74.5 Å². The van der Waals surface area contributed by atoms with Gasteiger partial charge in [-0.25, -0.2) is 0 Å². The molecule has 2 aromatic carbocycles. The van der Waals surface area contributed by atoms with Crippen LogP contribution in [0.4, 0.5) is 0 Å². The zero-order valence-electron chi connectivity index (χ0n) is 25.4. The van der Waals surface area contributed by atoms with Crippen LogP contribution in [0.2, 0.25) is 0 Å². The summed E-state index contributed by atoms with van der Waals surface area (Å²) in [4.78, 5) is 42.0. The molecule has 0 aromatic heterocycles. The number of likely N-dealkylation sites (tertiary alicyclic amines) is 1. The van der Waals surface area contributed by atoms with Crippen molar-refractivity contribution in [1.82, 2.24) is 20.9 Å². The van der Waals surface area contributed by atoms with Crippen LogP contribution in [0.5, 0.6) is 0 Å². The Morgan fingerprint density at radius 1 is 1.02 bits per heavy atom. The van der Waals surface area contributed by atoms with Gasteiger partial charge in [0.05, 0.1) is 12.1 Å². The molecule has 4 atom stereocenters. The Labute approximate surface area is 250 Å². The lowest BCUT2D eigenvalue weighted by Gasteiger charge is -2.34. The first-order valence-corrected chi connectivity index (χ1v) is 15.5. The molecule has 2 aliphatic rings. The largest absolute Gasteiger partial charge is 0.390 e. The molecule has 42 heavy (non-hydrogen) atoms. The fraction of sp³-hybridized carbons (Fsp3) is 0.559. The predicted molar refractivity (Wildman–Crippen MR) is 165 cm³/mol. The third-order valence-corrected chi connectivity index (χ3v) is 8.42. The van der Waals surface area contributed by atoms with Crippen LogP contribution >= 0.6 is 0 Å². The highest BCUT2D eigenvalue weighted by molar-refractivity contribution is 5.96. The lowest BCUT2D eigenvalue weighted by Crippen LogP contribution is -2.59. The zero-order chi connectivity index (χ0) is 30.1. The number of nitrogens with zero attached hydrogens (tertiary/aromatic N) is 1. The van der Waals surface area contributed by atoms with Gasteiger partial charge in [0.2, 0.25) is 17.7 Å². The topological polar surface area (TPSA) is 111 Å². The standard InChI is InChI=1S/C34H48N4O4/c1-24(2)21-34(37-25(3)39)18-19-38(33(34)42)30(17-16-26-10-6-4-7-11-26)32(41)36-29(20-27-12-8-5-9-13-27)31(40)23-35-22-28-14-15-28/h4-13,24,28-31,35,40H,14-23H2,1-3H3,(H,36,41)(H,37,39)/t29-,30?,31+,34-/m0/s1. The van der Waals surface area contributed by atoms with Crippen LogP contribution in [0, 0.1) is 11.8 Å². The molecule has 1 unspecified atom stereocenters. The van der Waals surface area contributed by atoms with Crippen LogP contribution in [0.3, 0.4) is 0 Å². The van der Waals surface area contributed by atoms with Crippen LogP contribution in [0.25, 0.3) is 0 Å². The zero-order valence-corrected chi connectivity index (χ0v) is 25.4. The number of carbonyl (C=O) groups is 3. The number of amides is 3. The van der Waals surface area contributed by atoms with Gasteiger partial charge < -0.3 is 26.0 Å². The molecule has 4 N–H and O–H groups in total. The second kappa shape index (κ2) is 14.8. The molecule has 0 radical (unpaired) electrons. The summed E-state index contributed by atoms with van der Waals surface area (Å²) in [6, 6.07) is 18.5. The van der Waals surface area contributed by atoms with Crippen molar-refractivity contribution in [2.45, 2.75) is 89.4 Å². The Balaban J connectivity index is 1.55. The van der Waals surface area contributed by atoms with E-state index < -0.39 is 23.7 Å². The molecule has 1 saturated carbocycles. The van der Waals surface area contributed by atoms with Crippen LogP contribution < -0.4 is 16.0 Å². The maximum atomic E-state index is 14.1. The number of hydrogen-bond acceptors (Lipinski definition) is 5. The van der Waals surface area contributed by atoms with Gasteiger partial charge in [-0.15, -0.1) is 0 Å². The molecule has 1 aliphatic carbocycles. The number of aliphatic hydroxyl groups is 1. The van der Waals surface area contributed by atoms with E-state index in [1.165, 1.54) is 19.8 Å². The summed E-state index contributed by atoms with van der Waals surface area (Å²) in [5.41, 5.74) is 1.09. The monoisotopic (exact) mass is 576 g/mol. The first-order valence-electron chi connectivity index (χ1n) is 15.5. The summed E-state index contributed by atoms with van der Waals surface area (Å²) in [7, 11) is 0. The quantitative estimate of drug-likeness (QED) is 0.245. The molecule has 8 nitrogen and oxygen atoms in total. The van der Waals surface area contributed by atoms with Crippen molar-refractivity contribution in [3.63, 3.8) is 0 Å². The number of aryl methyl sites for hydroxylation is 1. The maximum Gasteiger partial charge on any atom is 0.249 e. The molecule has 3 amide bonds. The van der Waals surface area contributed by atoms with E-state index in [1.807, 2.05) is 74.5 Å². The molecule has 1 aliphatic heterocycles. The van der Waals surface area contributed by atoms with Crippen molar-refractivity contribution in [2.75, 3.05) is 19.6 Å². The van der Waals surface area contributed by atoms with E-state index in [2.05, 4.69) is 16.0 Å². The molecule has 228 valence electrons. The van der Waals surface area contributed by atoms with Crippen LogP contribution in [0.15, 0.2) is 60.7 Å². The molecule has 1 heterocycles. The molecule has 2 fully saturated rings. The number of nitrogens with one attached hydrogen (secondary N) is 3. The number of rotatable bonds is 16. The van der Waals surface area contributed by atoms with E-state index in [1.54, 1.807) is 4.90 Å². The summed E-state index contributed by atoms with van der Waals surface area (Å²) in [6.45, 7) is 7.13. The Morgan fingerprint density at radius 3 is 2.26 bits per heavy atom. The van der Waals surface area contributed by atoms with Crippen molar-refractivity contribution in [2.24, 2.45) is 11.8 Å². The van der Waals surface area contributed by atoms with Crippen LogP contribution in [-0.4, -0.2) is 71.1 Å². The van der Waals surface area contributed by atoms with Crippen molar-refractivity contribution >= 4 is 17.7 Å². The molecule has 2 aromatic rings. The van der Waals surface area contributed by atoms with Crippen molar-refractivity contribution in [3.8, 4) is 0 Å². The molecule has 1 saturated heterocycles. The van der Waals surface area contributed by atoms with Gasteiger partial charge in [0, 0.05) is 20.0 Å². The summed E-state index contributed by atoms with van der Waals surface area (Å²) in [5, 5.41) is 20.7. The number of carbonyl (C=O) groups excluding carboxylic acids is 3. The Hall–Kier alpha value is -3.23. The van der Waals surface area contributed by atoms with Crippen molar-refractivity contribution in [3.05, 3.63) is 71.8 Å². The Kier molecular flexibility index (Phi) is 11.2. The van der Waals surface area contributed by atoms with E-state index >= 15 is 0 Å². The molecule has 0 bridgehead atoms. The highest BCUT2D eigenvalue weighted by atomic mass is 16.3. The summed E-state index contributed by atoms with van der Waals surface area (Å²) < 4.78 is 0. The van der Waals surface area contributed by atoms with E-state index in [0.717, 1.165) is 17.7 Å². The minimum Gasteiger partial charge on any atom is -0.390 e. The predicted octanol–water partition coefficient (Wildman–Crippen LogP) is 3.23. The minimum absolute atomic E-state index is 0.186. The summed E-state index contributed by atoms with van der Waals surface area (Å²) in [5.74, 6) is 0.139. The second-order valence-corrected chi connectivity index (χ2v) is 12.6.